The smallest absolute Gasteiger partial charge is 0.0367 e. The summed E-state index contributed by atoms with van der Waals surface area (Å²) in [6.45, 7) is 4.29. The Morgan fingerprint density at radius 2 is 0.667 bits per heavy atom. The zero-order valence-electron chi connectivity index (χ0n) is 13.8. The quantitative estimate of drug-likeness (QED) is 0.359. The van der Waals surface area contributed by atoms with Gasteiger partial charge >= 0.3 is 0 Å². The molecule has 122 valence electrons. The molecule has 2 atom stereocenters. The first-order valence-electron chi connectivity index (χ1n) is 8.13. The highest BCUT2D eigenvalue weighted by Crippen LogP contribution is 2.29. The molecule has 0 aliphatic heterocycles. The maximum Gasteiger partial charge on any atom is 0.0367 e. The first-order valence-corrected chi connectivity index (χ1v) is 9.96. The normalized spacial score (nSPS) is 13.5. The van der Waals surface area contributed by atoms with E-state index in [-0.39, 0.29) is 0 Å². The zero-order chi connectivity index (χ0) is 17.1. The van der Waals surface area contributed by atoms with Crippen LogP contribution in [-0.2, 0) is 0 Å². The fourth-order valence-corrected chi connectivity index (χ4v) is 3.35. The van der Waals surface area contributed by atoms with Crippen molar-refractivity contribution in [2.24, 2.45) is 0 Å². The van der Waals surface area contributed by atoms with Crippen LogP contribution in [0.2, 0.25) is 0 Å². The molecule has 0 aliphatic carbocycles. The Kier molecular flexibility index (Phi) is 5.57. The van der Waals surface area contributed by atoms with Crippen LogP contribution in [0.5, 0.6) is 0 Å². The molecule has 0 nitrogen and oxygen atoms in total. The van der Waals surface area contributed by atoms with Crippen molar-refractivity contribution >= 4 is 31.9 Å². The average Bonchev–Trinajstić information content (AvgIpc) is 2.62. The van der Waals surface area contributed by atoms with E-state index in [1.54, 1.807) is 0 Å². The molecule has 0 saturated carbocycles. The van der Waals surface area contributed by atoms with Gasteiger partial charge in [0.05, 0.1) is 0 Å². The van der Waals surface area contributed by atoms with Crippen LogP contribution in [-0.4, -0.2) is 0 Å². The van der Waals surface area contributed by atoms with Crippen LogP contribution in [0.1, 0.15) is 34.6 Å². The van der Waals surface area contributed by atoms with E-state index in [1.165, 1.54) is 33.4 Å². The van der Waals surface area contributed by atoms with E-state index in [0.717, 1.165) is 0 Å². The van der Waals surface area contributed by atoms with Crippen molar-refractivity contribution in [3.8, 4) is 22.3 Å². The largest absolute Gasteiger partial charge is 0.0842 e. The summed E-state index contributed by atoms with van der Waals surface area (Å²) in [6.07, 6.45) is 0. The van der Waals surface area contributed by atoms with Crippen LogP contribution in [0.15, 0.2) is 72.8 Å². The molecule has 0 saturated heterocycles. The number of benzene rings is 3. The van der Waals surface area contributed by atoms with E-state index >= 15 is 0 Å². The van der Waals surface area contributed by atoms with Crippen molar-refractivity contribution in [2.45, 2.75) is 23.5 Å². The Balaban J connectivity index is 1.82. The molecule has 3 aromatic rings. The Bertz CT molecular complexity index is 712. The molecule has 2 unspecified atom stereocenters. The molecular formula is C22H20Br2. The summed E-state index contributed by atoms with van der Waals surface area (Å²) in [5.41, 5.74) is 7.60. The van der Waals surface area contributed by atoms with Crippen molar-refractivity contribution in [2.75, 3.05) is 0 Å². The molecule has 0 N–H and O–H groups in total. The van der Waals surface area contributed by atoms with Crippen molar-refractivity contribution in [1.82, 2.24) is 0 Å². The lowest BCUT2D eigenvalue weighted by Gasteiger charge is -2.09. The van der Waals surface area contributed by atoms with Gasteiger partial charge in [-0.1, -0.05) is 105 Å². The summed E-state index contributed by atoms with van der Waals surface area (Å²) in [5, 5.41) is 0. The Labute approximate surface area is 161 Å². The molecule has 0 amide bonds. The summed E-state index contributed by atoms with van der Waals surface area (Å²) >= 11 is 7.22. The van der Waals surface area contributed by atoms with E-state index in [9.17, 15) is 0 Å². The van der Waals surface area contributed by atoms with Gasteiger partial charge in [-0.25, -0.2) is 0 Å². The van der Waals surface area contributed by atoms with Crippen LogP contribution in [0.4, 0.5) is 0 Å². The molecule has 0 heterocycles. The van der Waals surface area contributed by atoms with Crippen LogP contribution in [0.25, 0.3) is 22.3 Å². The molecule has 0 bridgehead atoms. The fraction of sp³-hybridized carbons (Fsp3) is 0.182. The van der Waals surface area contributed by atoms with E-state index in [4.69, 9.17) is 0 Å². The number of rotatable bonds is 4. The van der Waals surface area contributed by atoms with Crippen molar-refractivity contribution in [3.63, 3.8) is 0 Å². The SMILES string of the molecule is CC(Br)c1ccc(-c2ccc(-c3ccc(C(C)Br)cc3)cc2)cc1. The summed E-state index contributed by atoms with van der Waals surface area (Å²) in [5.74, 6) is 0. The molecular weight excluding hydrogens is 424 g/mol. The van der Waals surface area contributed by atoms with Crippen molar-refractivity contribution in [1.29, 1.82) is 0 Å². The van der Waals surface area contributed by atoms with Crippen LogP contribution in [0, 0.1) is 0 Å². The summed E-state index contributed by atoms with van der Waals surface area (Å²) in [4.78, 5) is 0.776. The third kappa shape index (κ3) is 3.99. The zero-order valence-corrected chi connectivity index (χ0v) is 17.0. The predicted molar refractivity (Wildman–Crippen MR) is 112 cm³/mol. The van der Waals surface area contributed by atoms with E-state index in [2.05, 4.69) is 119 Å². The third-order valence-electron chi connectivity index (χ3n) is 4.29. The Morgan fingerprint density at radius 1 is 0.458 bits per heavy atom. The molecule has 3 rings (SSSR count). The first-order chi connectivity index (χ1) is 11.5. The van der Waals surface area contributed by atoms with E-state index < -0.39 is 0 Å². The number of hydrogen-bond acceptors (Lipinski definition) is 0. The molecule has 0 aliphatic rings. The maximum absolute atomic E-state index is 3.61. The van der Waals surface area contributed by atoms with Gasteiger partial charge in [-0.15, -0.1) is 0 Å². The standard InChI is InChI=1S/C22H20Br2/c1-15(23)17-3-7-19(8-4-17)21-11-13-22(14-12-21)20-9-5-18(6-10-20)16(2)24/h3-16H,1-2H3. The maximum atomic E-state index is 3.61. The second-order valence-corrected chi connectivity index (χ2v) is 8.80. The van der Waals surface area contributed by atoms with Gasteiger partial charge in [0.1, 0.15) is 0 Å². The minimum Gasteiger partial charge on any atom is -0.0842 e. The van der Waals surface area contributed by atoms with Crippen molar-refractivity contribution < 1.29 is 0 Å². The Morgan fingerprint density at radius 3 is 0.875 bits per heavy atom. The lowest BCUT2D eigenvalue weighted by molar-refractivity contribution is 1.12. The minimum absolute atomic E-state index is 0.388. The molecule has 3 aromatic carbocycles. The minimum atomic E-state index is 0.388. The lowest BCUT2D eigenvalue weighted by atomic mass is 9.98. The first kappa shape index (κ1) is 17.4. The van der Waals surface area contributed by atoms with Gasteiger partial charge in [0.2, 0.25) is 0 Å². The van der Waals surface area contributed by atoms with Gasteiger partial charge in [0, 0.05) is 9.65 Å². The van der Waals surface area contributed by atoms with Gasteiger partial charge in [0.15, 0.2) is 0 Å². The molecule has 24 heavy (non-hydrogen) atoms. The second-order valence-electron chi connectivity index (χ2n) is 6.05. The van der Waals surface area contributed by atoms with E-state index in [0.29, 0.717) is 9.65 Å². The highest BCUT2D eigenvalue weighted by Gasteiger charge is 2.04. The fourth-order valence-electron chi connectivity index (χ4n) is 2.74. The average molecular weight is 444 g/mol. The molecule has 0 aromatic heterocycles. The Hall–Kier alpha value is -1.38. The third-order valence-corrected chi connectivity index (χ3v) is 5.35. The van der Waals surface area contributed by atoms with Gasteiger partial charge in [-0.3, -0.25) is 0 Å². The molecule has 0 fully saturated rings. The van der Waals surface area contributed by atoms with E-state index in [1.807, 2.05) is 0 Å². The lowest BCUT2D eigenvalue weighted by Crippen LogP contribution is -1.85. The number of alkyl halides is 2. The summed E-state index contributed by atoms with van der Waals surface area (Å²) in [6, 6.07) is 26.3. The second kappa shape index (κ2) is 7.67. The van der Waals surface area contributed by atoms with Crippen molar-refractivity contribution in [3.05, 3.63) is 83.9 Å². The van der Waals surface area contributed by atoms with Crippen LogP contribution < -0.4 is 0 Å². The van der Waals surface area contributed by atoms with Gasteiger partial charge in [0.25, 0.3) is 0 Å². The van der Waals surface area contributed by atoms with Crippen LogP contribution >= 0.6 is 31.9 Å². The highest BCUT2D eigenvalue weighted by atomic mass is 79.9. The predicted octanol–water partition coefficient (Wildman–Crippen LogP) is 7.93. The number of hydrogen-bond donors (Lipinski definition) is 0. The van der Waals surface area contributed by atoms with Gasteiger partial charge < -0.3 is 0 Å². The summed E-state index contributed by atoms with van der Waals surface area (Å²) < 4.78 is 0. The topological polar surface area (TPSA) is 0 Å². The molecule has 0 spiro atoms. The monoisotopic (exact) mass is 442 g/mol. The molecule has 0 radical (unpaired) electrons. The van der Waals surface area contributed by atoms with Crippen LogP contribution in [0.3, 0.4) is 0 Å². The molecule has 2 heteroatoms. The highest BCUT2D eigenvalue weighted by molar-refractivity contribution is 9.09. The number of halogens is 2. The van der Waals surface area contributed by atoms with Gasteiger partial charge in [-0.05, 0) is 47.2 Å². The summed E-state index contributed by atoms with van der Waals surface area (Å²) in [7, 11) is 0. The van der Waals surface area contributed by atoms with Gasteiger partial charge in [-0.2, -0.15) is 0 Å².